The van der Waals surface area contributed by atoms with Crippen LogP contribution in [0.3, 0.4) is 0 Å². The molecule has 3 aliphatic rings. The zero-order valence-electron chi connectivity index (χ0n) is 9.66. The fourth-order valence-corrected chi connectivity index (χ4v) is 2.66. The van der Waals surface area contributed by atoms with Crippen molar-refractivity contribution in [1.29, 1.82) is 0 Å². The van der Waals surface area contributed by atoms with E-state index in [2.05, 4.69) is 19.9 Å². The maximum Gasteiger partial charge on any atom is 0.300 e. The maximum atomic E-state index is 9.05. The second-order valence-electron chi connectivity index (χ2n) is 5.00. The standard InChI is InChI=1S/C10H16O.C2H4O2/c1-10(2)8-4-3-7(6-11)9(10)5-8;1-2(3)4/h3,8-9,11H,4-6H2,1-2H3;1H3,(H,3,4). The molecule has 2 atom stereocenters. The summed E-state index contributed by atoms with van der Waals surface area (Å²) >= 11 is 0. The van der Waals surface area contributed by atoms with E-state index in [4.69, 9.17) is 15.0 Å². The zero-order valence-corrected chi connectivity index (χ0v) is 9.66. The lowest BCUT2D eigenvalue weighted by Crippen LogP contribution is -2.48. The Morgan fingerprint density at radius 2 is 2.13 bits per heavy atom. The molecule has 1 fully saturated rings. The zero-order chi connectivity index (χ0) is 11.6. The molecule has 3 rings (SSSR count). The van der Waals surface area contributed by atoms with Crippen LogP contribution in [0, 0.1) is 17.3 Å². The van der Waals surface area contributed by atoms with E-state index in [0.717, 1.165) is 12.8 Å². The summed E-state index contributed by atoms with van der Waals surface area (Å²) < 4.78 is 0. The van der Waals surface area contributed by atoms with Crippen molar-refractivity contribution in [3.63, 3.8) is 0 Å². The molecule has 15 heavy (non-hydrogen) atoms. The normalized spacial score (nSPS) is 30.5. The van der Waals surface area contributed by atoms with Crippen molar-refractivity contribution in [2.75, 3.05) is 6.61 Å². The van der Waals surface area contributed by atoms with Crippen molar-refractivity contribution in [3.8, 4) is 0 Å². The summed E-state index contributed by atoms with van der Waals surface area (Å²) in [5, 5.41) is 16.5. The number of hydrogen-bond acceptors (Lipinski definition) is 2. The Balaban J connectivity index is 0.000000245. The second kappa shape index (κ2) is 4.35. The summed E-state index contributed by atoms with van der Waals surface area (Å²) in [4.78, 5) is 9.00. The smallest absolute Gasteiger partial charge is 0.300 e. The predicted molar refractivity (Wildman–Crippen MR) is 58.5 cm³/mol. The Hall–Kier alpha value is -0.830. The largest absolute Gasteiger partial charge is 0.481 e. The SMILES string of the molecule is CC(=O)O.CC1(C)C2CC=C(CO)C1C2. The molecule has 0 radical (unpaired) electrons. The Labute approximate surface area is 90.8 Å². The summed E-state index contributed by atoms with van der Waals surface area (Å²) in [6.07, 6.45) is 4.75. The third-order valence-electron chi connectivity index (χ3n) is 3.77. The van der Waals surface area contributed by atoms with Gasteiger partial charge in [0.25, 0.3) is 5.97 Å². The van der Waals surface area contributed by atoms with Gasteiger partial charge in [-0.3, -0.25) is 4.79 Å². The second-order valence-corrected chi connectivity index (χ2v) is 5.00. The van der Waals surface area contributed by atoms with Gasteiger partial charge in [-0.2, -0.15) is 0 Å². The fourth-order valence-electron chi connectivity index (χ4n) is 2.66. The third-order valence-corrected chi connectivity index (χ3v) is 3.77. The molecule has 0 amide bonds. The highest BCUT2D eigenvalue weighted by molar-refractivity contribution is 5.62. The van der Waals surface area contributed by atoms with Gasteiger partial charge in [0.15, 0.2) is 0 Å². The van der Waals surface area contributed by atoms with Gasteiger partial charge in [-0.15, -0.1) is 0 Å². The topological polar surface area (TPSA) is 57.5 Å². The number of carboxylic acids is 1. The summed E-state index contributed by atoms with van der Waals surface area (Å²) in [5.41, 5.74) is 1.77. The summed E-state index contributed by atoms with van der Waals surface area (Å²) in [6, 6.07) is 0. The predicted octanol–water partition coefficient (Wildman–Crippen LogP) is 2.06. The molecular weight excluding hydrogens is 192 g/mol. The Morgan fingerprint density at radius 1 is 1.60 bits per heavy atom. The summed E-state index contributed by atoms with van der Waals surface area (Å²) in [5.74, 6) is 0.744. The molecule has 0 heterocycles. The lowest BCUT2D eigenvalue weighted by molar-refractivity contribution is -0.134. The van der Waals surface area contributed by atoms with Crippen LogP contribution in [-0.4, -0.2) is 22.8 Å². The molecule has 2 bridgehead atoms. The Bertz CT molecular complexity index is 275. The van der Waals surface area contributed by atoms with Crippen LogP contribution in [0.2, 0.25) is 0 Å². The first-order chi connectivity index (χ1) is 6.89. The van der Waals surface area contributed by atoms with Crippen molar-refractivity contribution in [1.82, 2.24) is 0 Å². The van der Waals surface area contributed by atoms with Gasteiger partial charge in [-0.1, -0.05) is 19.9 Å². The minimum absolute atomic E-state index is 0.279. The van der Waals surface area contributed by atoms with Gasteiger partial charge in [0.1, 0.15) is 0 Å². The van der Waals surface area contributed by atoms with Crippen LogP contribution in [0.5, 0.6) is 0 Å². The molecule has 1 saturated carbocycles. The van der Waals surface area contributed by atoms with Crippen molar-refractivity contribution < 1.29 is 15.0 Å². The molecular formula is C12H20O3. The monoisotopic (exact) mass is 212 g/mol. The van der Waals surface area contributed by atoms with E-state index in [1.165, 1.54) is 18.4 Å². The molecule has 0 aliphatic heterocycles. The summed E-state index contributed by atoms with van der Waals surface area (Å²) in [7, 11) is 0. The molecule has 0 saturated heterocycles. The number of carbonyl (C=O) groups is 1. The lowest BCUT2D eigenvalue weighted by atomic mass is 9.49. The highest BCUT2D eigenvalue weighted by Gasteiger charge is 2.50. The minimum Gasteiger partial charge on any atom is -0.481 e. The number of aliphatic hydroxyl groups excluding tert-OH is 1. The van der Waals surface area contributed by atoms with Gasteiger partial charge < -0.3 is 10.2 Å². The molecule has 3 nitrogen and oxygen atoms in total. The van der Waals surface area contributed by atoms with Crippen LogP contribution in [0.15, 0.2) is 11.6 Å². The maximum absolute atomic E-state index is 9.05. The molecule has 3 aliphatic carbocycles. The van der Waals surface area contributed by atoms with Gasteiger partial charge in [0, 0.05) is 6.92 Å². The van der Waals surface area contributed by atoms with Crippen molar-refractivity contribution in [2.45, 2.75) is 33.6 Å². The highest BCUT2D eigenvalue weighted by Crippen LogP contribution is 2.58. The Kier molecular flexibility index (Phi) is 3.55. The number of rotatable bonds is 1. The number of carboxylic acid groups (broad SMARTS) is 1. The quantitative estimate of drug-likeness (QED) is 0.654. The van der Waals surface area contributed by atoms with E-state index in [0.29, 0.717) is 11.3 Å². The number of fused-ring (bicyclic) bond motifs is 1. The molecule has 2 N–H and O–H groups in total. The van der Waals surface area contributed by atoms with Crippen LogP contribution in [0.1, 0.15) is 33.6 Å². The van der Waals surface area contributed by atoms with Crippen LogP contribution < -0.4 is 0 Å². The number of allylic oxidation sites excluding steroid dienone is 1. The lowest BCUT2D eigenvalue weighted by Gasteiger charge is -2.56. The van der Waals surface area contributed by atoms with Crippen molar-refractivity contribution >= 4 is 5.97 Å². The number of hydrogen-bond donors (Lipinski definition) is 2. The van der Waals surface area contributed by atoms with Crippen molar-refractivity contribution in [3.05, 3.63) is 11.6 Å². The summed E-state index contributed by atoms with van der Waals surface area (Å²) in [6.45, 7) is 6.02. The van der Waals surface area contributed by atoms with Gasteiger partial charge >= 0.3 is 0 Å². The number of aliphatic carboxylic acids is 1. The van der Waals surface area contributed by atoms with Gasteiger partial charge in [-0.25, -0.2) is 0 Å². The molecule has 2 unspecified atom stereocenters. The minimum atomic E-state index is -0.833. The average molecular weight is 212 g/mol. The van der Waals surface area contributed by atoms with Gasteiger partial charge in [-0.05, 0) is 35.7 Å². The van der Waals surface area contributed by atoms with Gasteiger partial charge in [0.05, 0.1) is 6.61 Å². The van der Waals surface area contributed by atoms with Crippen LogP contribution in [-0.2, 0) is 4.79 Å². The average Bonchev–Trinajstić information content (AvgIpc) is 2.16. The van der Waals surface area contributed by atoms with E-state index in [1.54, 1.807) is 0 Å². The molecule has 0 aromatic rings. The first-order valence-corrected chi connectivity index (χ1v) is 5.39. The molecule has 0 spiro atoms. The van der Waals surface area contributed by atoms with Crippen LogP contribution in [0.25, 0.3) is 0 Å². The molecule has 0 aromatic carbocycles. The van der Waals surface area contributed by atoms with Gasteiger partial charge in [0.2, 0.25) is 0 Å². The highest BCUT2D eigenvalue weighted by atomic mass is 16.4. The Morgan fingerprint density at radius 3 is 2.40 bits per heavy atom. The van der Waals surface area contributed by atoms with Crippen LogP contribution >= 0.6 is 0 Å². The van der Waals surface area contributed by atoms with E-state index < -0.39 is 5.97 Å². The van der Waals surface area contributed by atoms with E-state index in [-0.39, 0.29) is 6.61 Å². The van der Waals surface area contributed by atoms with Crippen molar-refractivity contribution in [2.24, 2.45) is 17.3 Å². The van der Waals surface area contributed by atoms with Crippen LogP contribution in [0.4, 0.5) is 0 Å². The molecule has 86 valence electrons. The van der Waals surface area contributed by atoms with E-state index in [1.807, 2.05) is 0 Å². The third kappa shape index (κ3) is 2.40. The molecule has 0 aromatic heterocycles. The number of aliphatic hydroxyl groups is 1. The first kappa shape index (κ1) is 12.2. The fraction of sp³-hybridized carbons (Fsp3) is 0.750. The first-order valence-electron chi connectivity index (χ1n) is 5.39. The van der Waals surface area contributed by atoms with E-state index in [9.17, 15) is 0 Å². The van der Waals surface area contributed by atoms with E-state index >= 15 is 0 Å². The molecule has 3 heteroatoms.